The maximum absolute atomic E-state index is 10.3. The summed E-state index contributed by atoms with van der Waals surface area (Å²) in [6.45, 7) is 3.74. The molecule has 1 aromatic carbocycles. The molecule has 4 nitrogen and oxygen atoms in total. The summed E-state index contributed by atoms with van der Waals surface area (Å²) >= 11 is 0. The number of anilines is 1. The maximum atomic E-state index is 10.3. The van der Waals surface area contributed by atoms with Crippen molar-refractivity contribution < 1.29 is 5.11 Å². The molecule has 0 amide bonds. The molecule has 1 fully saturated rings. The topological polar surface area (TPSA) is 47.5 Å². The van der Waals surface area contributed by atoms with E-state index in [0.29, 0.717) is 6.67 Å². The van der Waals surface area contributed by atoms with Gasteiger partial charge in [-0.05, 0) is 38.6 Å². The van der Waals surface area contributed by atoms with Crippen molar-refractivity contribution in [2.24, 2.45) is 0 Å². The van der Waals surface area contributed by atoms with Gasteiger partial charge >= 0.3 is 0 Å². The second-order valence-electron chi connectivity index (χ2n) is 4.84. The van der Waals surface area contributed by atoms with Crippen molar-refractivity contribution in [3.8, 4) is 0 Å². The average Bonchev–Trinajstić information content (AvgIpc) is 2.75. The van der Waals surface area contributed by atoms with Crippen molar-refractivity contribution in [1.29, 1.82) is 0 Å². The van der Waals surface area contributed by atoms with Crippen LogP contribution < -0.4 is 15.5 Å². The zero-order valence-electron chi connectivity index (χ0n) is 11.2. The Labute approximate surface area is 109 Å². The van der Waals surface area contributed by atoms with E-state index in [1.807, 2.05) is 25.2 Å². The smallest absolute Gasteiger partial charge is 0.129 e. The van der Waals surface area contributed by atoms with E-state index in [9.17, 15) is 5.11 Å². The normalized spacial score (nSPS) is 27.7. The third-order valence-electron chi connectivity index (χ3n) is 3.98. The number of nitrogens with zero attached hydrogens (tertiary/aromatic N) is 1. The lowest BCUT2D eigenvalue weighted by Crippen LogP contribution is -2.52. The van der Waals surface area contributed by atoms with E-state index in [0.717, 1.165) is 19.4 Å². The van der Waals surface area contributed by atoms with Gasteiger partial charge in [0, 0.05) is 5.69 Å². The maximum Gasteiger partial charge on any atom is 0.129 e. The highest BCUT2D eigenvalue weighted by atomic mass is 16.3. The predicted octanol–water partition coefficient (Wildman–Crippen LogP) is 1.13. The minimum atomic E-state index is -0.476. The van der Waals surface area contributed by atoms with E-state index in [1.165, 1.54) is 5.69 Å². The summed E-state index contributed by atoms with van der Waals surface area (Å²) in [6, 6.07) is 10.3. The standard InChI is InChI=1S/C14H23N3O/c1-3-14(9-10-15-2)13(18)16-11-17(14)12-7-5-4-6-8-12/h4-8,13,15-16,18H,3,9-11H2,1-2H3. The lowest BCUT2D eigenvalue weighted by molar-refractivity contribution is 0.0819. The van der Waals surface area contributed by atoms with Gasteiger partial charge in [-0.15, -0.1) is 0 Å². The van der Waals surface area contributed by atoms with Gasteiger partial charge < -0.3 is 15.3 Å². The molecule has 1 heterocycles. The number of rotatable bonds is 5. The molecular formula is C14H23N3O. The molecule has 2 unspecified atom stereocenters. The van der Waals surface area contributed by atoms with Crippen LogP contribution in [-0.2, 0) is 0 Å². The minimum absolute atomic E-state index is 0.218. The molecule has 0 radical (unpaired) electrons. The fraction of sp³-hybridized carbons (Fsp3) is 0.571. The fourth-order valence-electron chi connectivity index (χ4n) is 2.80. The second kappa shape index (κ2) is 5.69. The van der Waals surface area contributed by atoms with Crippen molar-refractivity contribution in [3.63, 3.8) is 0 Å². The van der Waals surface area contributed by atoms with Gasteiger partial charge in [-0.3, -0.25) is 5.32 Å². The Bertz CT molecular complexity index is 371. The Morgan fingerprint density at radius 2 is 2.17 bits per heavy atom. The van der Waals surface area contributed by atoms with Crippen LogP contribution in [0, 0.1) is 0 Å². The van der Waals surface area contributed by atoms with Crippen LogP contribution in [0.2, 0.25) is 0 Å². The predicted molar refractivity (Wildman–Crippen MR) is 74.5 cm³/mol. The molecule has 1 aromatic rings. The largest absolute Gasteiger partial charge is 0.376 e. The number of benzene rings is 1. The van der Waals surface area contributed by atoms with Crippen molar-refractivity contribution >= 4 is 5.69 Å². The van der Waals surface area contributed by atoms with Gasteiger partial charge in [-0.25, -0.2) is 0 Å². The summed E-state index contributed by atoms with van der Waals surface area (Å²) in [4.78, 5) is 2.29. The van der Waals surface area contributed by atoms with E-state index in [2.05, 4.69) is 34.6 Å². The van der Waals surface area contributed by atoms with E-state index in [4.69, 9.17) is 0 Å². The lowest BCUT2D eigenvalue weighted by atomic mass is 9.89. The van der Waals surface area contributed by atoms with Crippen LogP contribution in [0.25, 0.3) is 0 Å². The Kier molecular flexibility index (Phi) is 4.22. The summed E-state index contributed by atoms with van der Waals surface area (Å²) in [5, 5.41) is 16.7. The van der Waals surface area contributed by atoms with Crippen molar-refractivity contribution in [2.45, 2.75) is 31.5 Å². The fourth-order valence-corrected chi connectivity index (χ4v) is 2.80. The quantitative estimate of drug-likeness (QED) is 0.732. The molecule has 2 atom stereocenters. The summed E-state index contributed by atoms with van der Waals surface area (Å²) in [6.07, 6.45) is 1.36. The van der Waals surface area contributed by atoms with Crippen molar-refractivity contribution in [3.05, 3.63) is 30.3 Å². The summed E-state index contributed by atoms with van der Waals surface area (Å²) in [5.74, 6) is 0. The first kappa shape index (κ1) is 13.3. The molecule has 3 N–H and O–H groups in total. The highest BCUT2D eigenvalue weighted by Crippen LogP contribution is 2.35. The number of hydrogen-bond acceptors (Lipinski definition) is 4. The summed E-state index contributed by atoms with van der Waals surface area (Å²) in [5.41, 5.74) is 0.948. The van der Waals surface area contributed by atoms with Gasteiger partial charge in [0.15, 0.2) is 0 Å². The highest BCUT2D eigenvalue weighted by molar-refractivity contribution is 5.50. The van der Waals surface area contributed by atoms with E-state index < -0.39 is 6.23 Å². The van der Waals surface area contributed by atoms with Crippen molar-refractivity contribution in [2.75, 3.05) is 25.2 Å². The van der Waals surface area contributed by atoms with Gasteiger partial charge in [0.25, 0.3) is 0 Å². The highest BCUT2D eigenvalue weighted by Gasteiger charge is 2.46. The molecule has 2 rings (SSSR count). The third kappa shape index (κ3) is 2.23. The second-order valence-corrected chi connectivity index (χ2v) is 4.84. The molecule has 0 bridgehead atoms. The molecule has 4 heteroatoms. The van der Waals surface area contributed by atoms with Crippen LogP contribution in [0.4, 0.5) is 5.69 Å². The van der Waals surface area contributed by atoms with Crippen LogP contribution in [0.5, 0.6) is 0 Å². The molecule has 0 aromatic heterocycles. The molecule has 100 valence electrons. The van der Waals surface area contributed by atoms with Gasteiger partial charge in [0.05, 0.1) is 12.2 Å². The lowest BCUT2D eigenvalue weighted by Gasteiger charge is -2.40. The minimum Gasteiger partial charge on any atom is -0.376 e. The molecule has 1 saturated heterocycles. The number of aliphatic hydroxyl groups is 1. The SMILES string of the molecule is CCC1(CCNC)C(O)NCN1c1ccccc1. The van der Waals surface area contributed by atoms with Crippen molar-refractivity contribution in [1.82, 2.24) is 10.6 Å². The van der Waals surface area contributed by atoms with Gasteiger partial charge in [0.1, 0.15) is 6.23 Å². The van der Waals surface area contributed by atoms with E-state index in [1.54, 1.807) is 0 Å². The summed E-state index contributed by atoms with van der Waals surface area (Å²) in [7, 11) is 1.95. The Hall–Kier alpha value is -1.10. The van der Waals surface area contributed by atoms with Gasteiger partial charge in [-0.2, -0.15) is 0 Å². The molecule has 1 aliphatic rings. The van der Waals surface area contributed by atoms with Gasteiger partial charge in [-0.1, -0.05) is 25.1 Å². The Morgan fingerprint density at radius 3 is 2.78 bits per heavy atom. The van der Waals surface area contributed by atoms with Crippen LogP contribution in [0.1, 0.15) is 19.8 Å². The molecular weight excluding hydrogens is 226 g/mol. The van der Waals surface area contributed by atoms with Crippen LogP contribution in [0.15, 0.2) is 30.3 Å². The molecule has 0 saturated carbocycles. The first-order valence-corrected chi connectivity index (χ1v) is 6.63. The van der Waals surface area contributed by atoms with Gasteiger partial charge in [0.2, 0.25) is 0 Å². The Balaban J connectivity index is 2.28. The average molecular weight is 249 g/mol. The number of aliphatic hydroxyl groups excluding tert-OH is 1. The zero-order valence-corrected chi connectivity index (χ0v) is 11.2. The molecule has 0 spiro atoms. The molecule has 18 heavy (non-hydrogen) atoms. The first-order chi connectivity index (χ1) is 8.74. The molecule has 1 aliphatic heterocycles. The third-order valence-corrected chi connectivity index (χ3v) is 3.98. The summed E-state index contributed by atoms with van der Waals surface area (Å²) < 4.78 is 0. The van der Waals surface area contributed by atoms with Crippen LogP contribution in [0.3, 0.4) is 0 Å². The monoisotopic (exact) mass is 249 g/mol. The van der Waals surface area contributed by atoms with E-state index in [-0.39, 0.29) is 5.54 Å². The molecule has 0 aliphatic carbocycles. The van der Waals surface area contributed by atoms with E-state index >= 15 is 0 Å². The number of nitrogens with one attached hydrogen (secondary N) is 2. The van der Waals surface area contributed by atoms with Crippen LogP contribution in [-0.4, -0.2) is 37.1 Å². The first-order valence-electron chi connectivity index (χ1n) is 6.63. The number of para-hydroxylation sites is 1. The number of hydrogen-bond donors (Lipinski definition) is 3. The zero-order chi connectivity index (χ0) is 13.0. The van der Waals surface area contributed by atoms with Crippen LogP contribution >= 0.6 is 0 Å². The Morgan fingerprint density at radius 1 is 1.44 bits per heavy atom.